The van der Waals surface area contributed by atoms with E-state index < -0.39 is 10.0 Å². The number of sulfonamides is 1. The first kappa shape index (κ1) is 21.1. The average molecular weight is 444 g/mol. The normalized spacial score (nSPS) is 13.5. The molecule has 1 N–H and O–H groups in total. The van der Waals surface area contributed by atoms with E-state index in [1.807, 2.05) is 0 Å². The lowest BCUT2D eigenvalue weighted by atomic mass is 10.1. The predicted octanol–water partition coefficient (Wildman–Crippen LogP) is 2.61. The van der Waals surface area contributed by atoms with E-state index in [4.69, 9.17) is 4.52 Å². The second-order valence-corrected chi connectivity index (χ2v) is 9.16. The number of halogens is 1. The molecule has 0 fully saturated rings. The number of aromatic nitrogens is 2. The van der Waals surface area contributed by atoms with Gasteiger partial charge in [-0.15, -0.1) is 0 Å². The molecule has 0 spiro atoms. The van der Waals surface area contributed by atoms with E-state index in [1.54, 1.807) is 36.1 Å². The van der Waals surface area contributed by atoms with Gasteiger partial charge in [0.25, 0.3) is 0 Å². The highest BCUT2D eigenvalue weighted by atomic mass is 32.2. The van der Waals surface area contributed by atoms with Gasteiger partial charge in [0.2, 0.25) is 27.6 Å². The number of amides is 1. The van der Waals surface area contributed by atoms with Gasteiger partial charge in [-0.3, -0.25) is 4.79 Å². The third-order valence-corrected chi connectivity index (χ3v) is 6.68. The minimum absolute atomic E-state index is 0.111. The summed E-state index contributed by atoms with van der Waals surface area (Å²) in [4.78, 5) is 18.9. The number of carbonyl (C=O) groups is 1. The smallest absolute Gasteiger partial charge is 0.240 e. The molecular formula is C21H21FN4O4S. The summed E-state index contributed by atoms with van der Waals surface area (Å²) in [5.74, 6) is 0.246. The molecule has 0 aliphatic carbocycles. The molecule has 1 amide bonds. The minimum Gasteiger partial charge on any atom is -0.339 e. The van der Waals surface area contributed by atoms with Crippen molar-refractivity contribution >= 4 is 21.6 Å². The van der Waals surface area contributed by atoms with Crippen LogP contribution in [0, 0.1) is 12.7 Å². The molecule has 4 rings (SSSR count). The predicted molar refractivity (Wildman–Crippen MR) is 111 cm³/mol. The zero-order valence-electron chi connectivity index (χ0n) is 17.1. The standard InChI is InChI=1S/C21H21FN4O4S/c1-13-11-15(3-5-17(13)22)21-24-19(30-25-21)7-8-20(27)26-10-9-14-12-16(4-6-18(14)26)31(28,29)23-2/h3-6,11-12,23H,7-10H2,1-2H3. The quantitative estimate of drug-likeness (QED) is 0.627. The number of carbonyl (C=O) groups excluding carboxylic acids is 1. The van der Waals surface area contributed by atoms with E-state index in [-0.39, 0.29) is 29.5 Å². The molecular weight excluding hydrogens is 423 g/mol. The van der Waals surface area contributed by atoms with E-state index in [1.165, 1.54) is 19.2 Å². The molecule has 3 aromatic rings. The second-order valence-electron chi connectivity index (χ2n) is 7.27. The van der Waals surface area contributed by atoms with Crippen LogP contribution in [0.5, 0.6) is 0 Å². The maximum Gasteiger partial charge on any atom is 0.240 e. The Labute approximate surface area is 179 Å². The molecule has 0 radical (unpaired) electrons. The number of benzene rings is 2. The summed E-state index contributed by atoms with van der Waals surface area (Å²) in [6.45, 7) is 2.14. The summed E-state index contributed by atoms with van der Waals surface area (Å²) in [6.07, 6.45) is 1.02. The molecule has 1 aromatic heterocycles. The van der Waals surface area contributed by atoms with Gasteiger partial charge in [-0.25, -0.2) is 17.5 Å². The van der Waals surface area contributed by atoms with Crippen LogP contribution in [0.25, 0.3) is 11.4 Å². The number of rotatable bonds is 6. The van der Waals surface area contributed by atoms with Crippen LogP contribution in [0.1, 0.15) is 23.4 Å². The summed E-state index contributed by atoms with van der Waals surface area (Å²) < 4.78 is 44.9. The summed E-state index contributed by atoms with van der Waals surface area (Å²) in [6, 6.07) is 9.31. The molecule has 10 heteroatoms. The van der Waals surface area contributed by atoms with Crippen LogP contribution >= 0.6 is 0 Å². The Morgan fingerprint density at radius 2 is 2.06 bits per heavy atom. The van der Waals surface area contributed by atoms with Crippen molar-refractivity contribution in [3.63, 3.8) is 0 Å². The lowest BCUT2D eigenvalue weighted by Crippen LogP contribution is -2.29. The molecule has 0 saturated carbocycles. The second kappa shape index (κ2) is 8.20. The number of nitrogens with one attached hydrogen (secondary N) is 1. The van der Waals surface area contributed by atoms with Gasteiger partial charge in [0.1, 0.15) is 5.82 Å². The fourth-order valence-electron chi connectivity index (χ4n) is 3.53. The van der Waals surface area contributed by atoms with Crippen molar-refractivity contribution in [3.05, 3.63) is 59.2 Å². The van der Waals surface area contributed by atoms with Gasteiger partial charge in [0.15, 0.2) is 0 Å². The zero-order chi connectivity index (χ0) is 22.2. The van der Waals surface area contributed by atoms with E-state index >= 15 is 0 Å². The Hall–Kier alpha value is -3.11. The molecule has 2 heterocycles. The zero-order valence-corrected chi connectivity index (χ0v) is 17.9. The van der Waals surface area contributed by atoms with E-state index in [2.05, 4.69) is 14.9 Å². The first-order chi connectivity index (χ1) is 14.8. The molecule has 0 atom stereocenters. The molecule has 0 bridgehead atoms. The Morgan fingerprint density at radius 1 is 1.26 bits per heavy atom. The Bertz CT molecular complexity index is 1260. The first-order valence-electron chi connectivity index (χ1n) is 9.74. The van der Waals surface area contributed by atoms with Crippen LogP contribution in [-0.2, 0) is 27.7 Å². The van der Waals surface area contributed by atoms with Crippen LogP contribution < -0.4 is 9.62 Å². The Morgan fingerprint density at radius 3 is 2.81 bits per heavy atom. The lowest BCUT2D eigenvalue weighted by Gasteiger charge is -2.17. The topological polar surface area (TPSA) is 105 Å². The van der Waals surface area contributed by atoms with Crippen molar-refractivity contribution in [1.82, 2.24) is 14.9 Å². The maximum absolute atomic E-state index is 13.4. The molecule has 31 heavy (non-hydrogen) atoms. The number of fused-ring (bicyclic) bond motifs is 1. The summed E-state index contributed by atoms with van der Waals surface area (Å²) in [5, 5.41) is 3.91. The fraction of sp³-hybridized carbons (Fsp3) is 0.286. The van der Waals surface area contributed by atoms with Gasteiger partial charge in [-0.2, -0.15) is 4.98 Å². The van der Waals surface area contributed by atoms with Crippen LogP contribution in [0.3, 0.4) is 0 Å². The highest BCUT2D eigenvalue weighted by Gasteiger charge is 2.26. The van der Waals surface area contributed by atoms with Crippen molar-refractivity contribution in [1.29, 1.82) is 0 Å². The molecule has 1 aliphatic heterocycles. The van der Waals surface area contributed by atoms with Gasteiger partial charge in [0, 0.05) is 30.6 Å². The molecule has 162 valence electrons. The third kappa shape index (κ3) is 4.21. The van der Waals surface area contributed by atoms with E-state index in [0.717, 1.165) is 5.56 Å². The fourth-order valence-corrected chi connectivity index (χ4v) is 4.31. The summed E-state index contributed by atoms with van der Waals surface area (Å²) in [7, 11) is -2.17. The van der Waals surface area contributed by atoms with Gasteiger partial charge >= 0.3 is 0 Å². The number of hydrogen-bond acceptors (Lipinski definition) is 6. The SMILES string of the molecule is CNS(=O)(=O)c1ccc2c(c1)CCN2C(=O)CCc1nc(-c2ccc(F)c(C)c2)no1. The number of nitrogens with zero attached hydrogens (tertiary/aromatic N) is 3. The van der Waals surface area contributed by atoms with Crippen molar-refractivity contribution in [2.24, 2.45) is 0 Å². The van der Waals surface area contributed by atoms with Crippen LogP contribution in [-0.4, -0.2) is 38.1 Å². The van der Waals surface area contributed by atoms with Gasteiger partial charge in [0.05, 0.1) is 4.90 Å². The Balaban J connectivity index is 1.43. The van der Waals surface area contributed by atoms with Crippen LogP contribution in [0.4, 0.5) is 10.1 Å². The van der Waals surface area contributed by atoms with Crippen molar-refractivity contribution in [2.45, 2.75) is 31.1 Å². The monoisotopic (exact) mass is 444 g/mol. The van der Waals surface area contributed by atoms with Gasteiger partial charge < -0.3 is 9.42 Å². The minimum atomic E-state index is -3.53. The van der Waals surface area contributed by atoms with E-state index in [0.29, 0.717) is 41.5 Å². The molecule has 1 aliphatic rings. The largest absolute Gasteiger partial charge is 0.339 e. The number of anilines is 1. The molecule has 8 nitrogen and oxygen atoms in total. The summed E-state index contributed by atoms with van der Waals surface area (Å²) >= 11 is 0. The lowest BCUT2D eigenvalue weighted by molar-refractivity contribution is -0.118. The van der Waals surface area contributed by atoms with Crippen molar-refractivity contribution in [2.75, 3.05) is 18.5 Å². The molecule has 0 unspecified atom stereocenters. The molecule has 0 saturated heterocycles. The number of hydrogen-bond donors (Lipinski definition) is 1. The van der Waals surface area contributed by atoms with Crippen molar-refractivity contribution in [3.8, 4) is 11.4 Å². The van der Waals surface area contributed by atoms with Gasteiger partial charge in [-0.05, 0) is 67.9 Å². The van der Waals surface area contributed by atoms with Crippen molar-refractivity contribution < 1.29 is 22.1 Å². The Kier molecular flexibility index (Phi) is 5.59. The highest BCUT2D eigenvalue weighted by molar-refractivity contribution is 7.89. The molecule has 2 aromatic carbocycles. The third-order valence-electron chi connectivity index (χ3n) is 5.26. The van der Waals surface area contributed by atoms with Gasteiger partial charge in [-0.1, -0.05) is 5.16 Å². The number of aryl methyl sites for hydroxylation is 2. The maximum atomic E-state index is 13.4. The average Bonchev–Trinajstić information content (AvgIpc) is 3.40. The van der Waals surface area contributed by atoms with E-state index in [9.17, 15) is 17.6 Å². The highest BCUT2D eigenvalue weighted by Crippen LogP contribution is 2.31. The van der Waals surface area contributed by atoms with Crippen LogP contribution in [0.2, 0.25) is 0 Å². The summed E-state index contributed by atoms with van der Waals surface area (Å²) in [5.41, 5.74) is 2.66. The van der Waals surface area contributed by atoms with Crippen LogP contribution in [0.15, 0.2) is 45.8 Å². The first-order valence-corrected chi connectivity index (χ1v) is 11.2.